The molecule has 0 radical (unpaired) electrons. The molecule has 0 unspecified atom stereocenters. The number of anilines is 1. The van der Waals surface area contributed by atoms with Crippen molar-refractivity contribution in [2.24, 2.45) is 0 Å². The van der Waals surface area contributed by atoms with Crippen molar-refractivity contribution in [3.05, 3.63) is 377 Å². The topological polar surface area (TPSA) is 259 Å². The quantitative estimate of drug-likeness (QED) is 0.0171. The Morgan fingerprint density at radius 3 is 0.972 bits per heavy atom. The molecule has 21 heteroatoms. The minimum Gasteiger partial charge on any atom is -0.495 e. The second-order valence-corrected chi connectivity index (χ2v) is 26.2. The number of nitrogen functional groups attached to an aromatic ring is 1. The smallest absolute Gasteiger partial charge is 0.335 e. The maximum Gasteiger partial charge on any atom is 0.335 e. The molecule has 12 aromatic carbocycles. The van der Waals surface area contributed by atoms with Crippen LogP contribution in [0.1, 0.15) is 74.0 Å². The fourth-order valence-corrected chi connectivity index (χ4v) is 12.3. The second-order valence-electron chi connectivity index (χ2n) is 23.4. The average Bonchev–Trinajstić information content (AvgIpc) is 0.829. The Morgan fingerprint density at radius 2 is 0.648 bits per heavy atom. The van der Waals surface area contributed by atoms with Crippen LogP contribution in [0.5, 0.6) is 11.5 Å². The number of benzene rings is 12. The van der Waals surface area contributed by atoms with Crippen molar-refractivity contribution in [2.45, 2.75) is 9.79 Å². The van der Waals surface area contributed by atoms with Gasteiger partial charge in [-0.3, -0.25) is 28.3 Å². The number of methoxy groups -OCH3 is 2. The summed E-state index contributed by atoms with van der Waals surface area (Å²) in [6.45, 7) is 0. The predicted molar refractivity (Wildman–Crippen MR) is 411 cm³/mol. The zero-order chi connectivity index (χ0) is 77.5. The number of ketones is 4. The Bertz CT molecular complexity index is 5700. The third-order valence-electron chi connectivity index (χ3n) is 16.0. The summed E-state index contributed by atoms with van der Waals surface area (Å²) in [7, 11) is -6.39. The highest BCUT2D eigenvalue weighted by Crippen LogP contribution is 2.32. The molecule has 0 aliphatic carbocycles. The SMILES string of the molecule is COc1ccc(/C=C/C(=O)c2ccccc2-c2ccc(F)cc2)cc1S(=O)(=O)O.COc1ccc(/C=C/C(=O)c2ccccc2-c2cccc(F)c2)cc1S(=O)(=O)O.Nc1cccc(/C=C/C(=O)c2ccccc2-c2cccc(F)c2)c1.O=C(O)c1cccc(/C=C/C(=O)c2ccccc2-c2cccc(F)c2)c1. The van der Waals surface area contributed by atoms with E-state index in [1.807, 2.05) is 24.3 Å². The van der Waals surface area contributed by atoms with E-state index in [2.05, 4.69) is 0 Å². The molecule has 0 bridgehead atoms. The lowest BCUT2D eigenvalue weighted by atomic mass is 9.96. The summed E-state index contributed by atoms with van der Waals surface area (Å²) in [6, 6.07) is 73.9. The monoisotopic (exact) mass is 1490 g/mol. The molecule has 12 aromatic rings. The zero-order valence-electron chi connectivity index (χ0n) is 57.4. The fourth-order valence-electron chi connectivity index (χ4n) is 10.9. The molecular weight excluding hydrogens is 1420 g/mol. The van der Waals surface area contributed by atoms with Gasteiger partial charge in [0, 0.05) is 27.9 Å². The van der Waals surface area contributed by atoms with Gasteiger partial charge < -0.3 is 20.3 Å². The first-order valence-electron chi connectivity index (χ1n) is 32.6. The number of carbonyl (C=O) groups is 5. The van der Waals surface area contributed by atoms with Crippen LogP contribution >= 0.6 is 0 Å². The van der Waals surface area contributed by atoms with Crippen LogP contribution in [-0.4, -0.2) is 74.4 Å². The lowest BCUT2D eigenvalue weighted by Crippen LogP contribution is -2.02. The summed E-state index contributed by atoms with van der Waals surface area (Å²) >= 11 is 0. The van der Waals surface area contributed by atoms with Crippen molar-refractivity contribution in [3.8, 4) is 56.0 Å². The summed E-state index contributed by atoms with van der Waals surface area (Å²) in [5.74, 6) is -3.54. The number of allylic oxidation sites excluding steroid dienone is 4. The second kappa shape index (κ2) is 36.9. The standard InChI is InChI=1S/2C22H17FO5S.C22H15FO3.C21H16FNO/c1-28-21-12-10-15(13-22(21)29(25,26)27)9-11-20(24)19-8-3-2-7-18(19)16-5-4-6-17(23)14-16;1-28-21-13-7-15(14-22(21)29(25,26)27)6-12-20(24)19-5-3-2-4-18(19)16-8-10-17(23)11-9-16;23-18-8-4-6-16(14-18)19-9-1-2-10-20(19)21(24)12-11-15-5-3-7-17(13-15)22(25)26;22-17-7-4-6-16(14-17)19-9-1-2-10-20(19)21(24)12-11-15-5-3-8-18(23)13-15/h2*2-14H,1H3,(H,25,26,27);1-14H,(H,25,26);1-14H,23H2/b11-9+;12-6+;2*12-11+. The molecule has 0 aliphatic rings. The molecule has 0 amide bonds. The summed E-state index contributed by atoms with van der Waals surface area (Å²) in [4.78, 5) is 60.9. The largest absolute Gasteiger partial charge is 0.495 e. The van der Waals surface area contributed by atoms with E-state index in [0.29, 0.717) is 89.1 Å². The zero-order valence-corrected chi connectivity index (χ0v) is 59.0. The number of hydrogen-bond donors (Lipinski definition) is 4. The minimum absolute atomic E-state index is 0.00219. The van der Waals surface area contributed by atoms with E-state index in [1.54, 1.807) is 182 Å². The summed E-state index contributed by atoms with van der Waals surface area (Å²) in [5.41, 5.74) is 15.7. The molecule has 0 heterocycles. The van der Waals surface area contributed by atoms with Gasteiger partial charge in [-0.1, -0.05) is 206 Å². The Hall–Kier alpha value is -13.3. The van der Waals surface area contributed by atoms with Crippen LogP contribution in [0.3, 0.4) is 0 Å². The number of carbonyl (C=O) groups excluding carboxylic acids is 4. The van der Waals surface area contributed by atoms with Gasteiger partial charge in [-0.05, 0) is 188 Å². The Balaban J connectivity index is 0.000000167. The first kappa shape index (κ1) is 78.8. The predicted octanol–water partition coefficient (Wildman–Crippen LogP) is 19.3. The van der Waals surface area contributed by atoms with Crippen LogP contribution in [0.25, 0.3) is 68.8 Å². The van der Waals surface area contributed by atoms with E-state index in [1.165, 1.54) is 136 Å². The van der Waals surface area contributed by atoms with Crippen molar-refractivity contribution in [3.63, 3.8) is 0 Å². The number of rotatable bonds is 21. The minimum atomic E-state index is -4.48. The van der Waals surface area contributed by atoms with Crippen molar-refractivity contribution < 1.29 is 82.1 Å². The maximum atomic E-state index is 13.6. The first-order chi connectivity index (χ1) is 51.8. The van der Waals surface area contributed by atoms with Gasteiger partial charge in [-0.2, -0.15) is 16.8 Å². The number of ether oxygens (including phenoxy) is 2. The van der Waals surface area contributed by atoms with Gasteiger partial charge in [0.15, 0.2) is 23.1 Å². The molecule has 542 valence electrons. The van der Waals surface area contributed by atoms with Crippen molar-refractivity contribution in [1.29, 1.82) is 0 Å². The molecule has 0 atom stereocenters. The summed E-state index contributed by atoms with van der Waals surface area (Å²) < 4.78 is 128. The van der Waals surface area contributed by atoms with Gasteiger partial charge in [-0.25, -0.2) is 22.4 Å². The highest BCUT2D eigenvalue weighted by Gasteiger charge is 2.20. The van der Waals surface area contributed by atoms with E-state index >= 15 is 0 Å². The third-order valence-corrected chi connectivity index (χ3v) is 17.8. The van der Waals surface area contributed by atoms with Gasteiger partial charge in [-0.15, -0.1) is 0 Å². The number of carboxylic acid groups (broad SMARTS) is 1. The van der Waals surface area contributed by atoms with Crippen LogP contribution in [0.15, 0.2) is 313 Å². The molecule has 0 fully saturated rings. The van der Waals surface area contributed by atoms with Crippen LogP contribution in [0, 0.1) is 23.3 Å². The lowest BCUT2D eigenvalue weighted by Gasteiger charge is -2.08. The molecule has 5 N–H and O–H groups in total. The Kier molecular flexibility index (Phi) is 26.9. The van der Waals surface area contributed by atoms with E-state index in [-0.39, 0.29) is 62.5 Å². The van der Waals surface area contributed by atoms with E-state index in [0.717, 1.165) is 5.56 Å². The van der Waals surface area contributed by atoms with Gasteiger partial charge in [0.1, 0.15) is 44.6 Å². The van der Waals surface area contributed by atoms with Crippen molar-refractivity contribution >= 4 is 79.3 Å². The van der Waals surface area contributed by atoms with Crippen LogP contribution in [0.4, 0.5) is 23.2 Å². The van der Waals surface area contributed by atoms with Crippen LogP contribution in [-0.2, 0) is 20.2 Å². The molecule has 15 nitrogen and oxygen atoms in total. The van der Waals surface area contributed by atoms with E-state index < -0.39 is 36.9 Å². The molecular formula is C87H65F4NO14S2. The number of carboxylic acids is 1. The van der Waals surface area contributed by atoms with E-state index in [4.69, 9.17) is 20.3 Å². The Morgan fingerprint density at radius 1 is 0.333 bits per heavy atom. The molecule has 0 aliphatic heterocycles. The molecule has 0 saturated carbocycles. The van der Waals surface area contributed by atoms with Crippen LogP contribution in [0.2, 0.25) is 0 Å². The number of hydrogen-bond acceptors (Lipinski definition) is 12. The third kappa shape index (κ3) is 21.9. The highest BCUT2D eigenvalue weighted by atomic mass is 32.2. The van der Waals surface area contributed by atoms with Crippen molar-refractivity contribution in [2.75, 3.05) is 20.0 Å². The number of halogens is 4. The van der Waals surface area contributed by atoms with Crippen LogP contribution < -0.4 is 15.2 Å². The molecule has 0 aromatic heterocycles. The average molecular weight is 1490 g/mol. The first-order valence-corrected chi connectivity index (χ1v) is 35.4. The fraction of sp³-hybridized carbons (Fsp3) is 0.0230. The normalized spacial score (nSPS) is 11.2. The van der Waals surface area contributed by atoms with Gasteiger partial charge in [0.25, 0.3) is 20.2 Å². The Labute approximate surface area is 620 Å². The van der Waals surface area contributed by atoms with E-state index in [9.17, 15) is 67.5 Å². The summed E-state index contributed by atoms with van der Waals surface area (Å²) in [5, 5.41) is 9.03. The molecule has 0 spiro atoms. The highest BCUT2D eigenvalue weighted by molar-refractivity contribution is 7.86. The molecule has 12 rings (SSSR count). The maximum absolute atomic E-state index is 13.6. The number of nitrogens with two attached hydrogens (primary N) is 1. The molecule has 0 saturated heterocycles. The van der Waals surface area contributed by atoms with Gasteiger partial charge in [0.05, 0.1) is 19.8 Å². The molecule has 108 heavy (non-hydrogen) atoms. The van der Waals surface area contributed by atoms with Gasteiger partial charge >= 0.3 is 5.97 Å². The number of aromatic carboxylic acids is 1. The lowest BCUT2D eigenvalue weighted by molar-refractivity contribution is 0.0695. The van der Waals surface area contributed by atoms with Crippen molar-refractivity contribution in [1.82, 2.24) is 0 Å². The summed E-state index contributed by atoms with van der Waals surface area (Å²) in [6.07, 6.45) is 11.6. The van der Waals surface area contributed by atoms with Gasteiger partial charge in [0.2, 0.25) is 0 Å².